The van der Waals surface area contributed by atoms with Crippen LogP contribution in [0.1, 0.15) is 41.3 Å². The minimum atomic E-state index is -0.276. The van der Waals surface area contributed by atoms with Crippen LogP contribution in [0.2, 0.25) is 0 Å². The van der Waals surface area contributed by atoms with Crippen molar-refractivity contribution in [2.45, 2.75) is 39.2 Å². The highest BCUT2D eigenvalue weighted by molar-refractivity contribution is 5.30. The molecular formula is C20H25NO2. The van der Waals surface area contributed by atoms with Gasteiger partial charge in [-0.15, -0.1) is 0 Å². The highest BCUT2D eigenvalue weighted by atomic mass is 16.7. The Balaban J connectivity index is 1.76. The number of benzene rings is 2. The average molecular weight is 311 g/mol. The van der Waals surface area contributed by atoms with Gasteiger partial charge in [-0.2, -0.15) is 0 Å². The molecule has 2 aromatic rings. The number of aryl methyl sites for hydroxylation is 2. The fraction of sp³-hybridized carbons (Fsp3) is 0.400. The molecule has 3 nitrogen and oxygen atoms in total. The molecule has 1 saturated heterocycles. The van der Waals surface area contributed by atoms with Gasteiger partial charge in [0.05, 0.1) is 18.8 Å². The van der Waals surface area contributed by atoms with E-state index in [1.807, 2.05) is 6.07 Å². The zero-order valence-electron chi connectivity index (χ0n) is 14.1. The van der Waals surface area contributed by atoms with Crippen LogP contribution in [0.15, 0.2) is 48.5 Å². The van der Waals surface area contributed by atoms with Crippen molar-refractivity contribution in [2.24, 2.45) is 0 Å². The quantitative estimate of drug-likeness (QED) is 0.923. The van der Waals surface area contributed by atoms with Crippen LogP contribution >= 0.6 is 0 Å². The van der Waals surface area contributed by atoms with E-state index in [1.165, 1.54) is 22.3 Å². The van der Waals surface area contributed by atoms with Crippen molar-refractivity contribution < 1.29 is 9.47 Å². The van der Waals surface area contributed by atoms with Crippen molar-refractivity contribution in [2.75, 3.05) is 13.2 Å². The van der Waals surface area contributed by atoms with Crippen molar-refractivity contribution in [3.63, 3.8) is 0 Å². The van der Waals surface area contributed by atoms with E-state index >= 15 is 0 Å². The molecule has 2 aromatic carbocycles. The van der Waals surface area contributed by atoms with Gasteiger partial charge >= 0.3 is 0 Å². The zero-order chi connectivity index (χ0) is 16.2. The van der Waals surface area contributed by atoms with Gasteiger partial charge in [0.15, 0.2) is 6.29 Å². The number of nitrogens with one attached hydrogen (secondary N) is 1. The van der Waals surface area contributed by atoms with Crippen LogP contribution in [0.4, 0.5) is 0 Å². The summed E-state index contributed by atoms with van der Waals surface area (Å²) < 4.78 is 12.2. The molecule has 0 aliphatic carbocycles. The third-order valence-corrected chi connectivity index (χ3v) is 4.23. The van der Waals surface area contributed by atoms with Crippen LogP contribution in [-0.4, -0.2) is 19.4 Å². The first kappa shape index (κ1) is 16.2. The molecule has 1 fully saturated rings. The first-order valence-electron chi connectivity index (χ1n) is 8.27. The maximum atomic E-state index is 6.27. The summed E-state index contributed by atoms with van der Waals surface area (Å²) >= 11 is 0. The number of hydrogen-bond acceptors (Lipinski definition) is 3. The summed E-state index contributed by atoms with van der Waals surface area (Å²) in [5.41, 5.74) is 4.92. The second-order valence-corrected chi connectivity index (χ2v) is 6.28. The second kappa shape index (κ2) is 7.26. The average Bonchev–Trinajstić information content (AvgIpc) is 2.55. The number of morpholine rings is 1. The standard InChI is InChI=1S/C20H25NO2/c1-14-11-15(2)13-18(12-14)16(3)23-20-19(21-9-10-22-20)17-7-5-4-6-8-17/h4-8,11-13,16,19-21H,9-10H2,1-3H3/t16-,19+,20-/m1/s1. The predicted molar refractivity (Wildman–Crippen MR) is 92.3 cm³/mol. The Kier molecular flexibility index (Phi) is 5.11. The number of hydrogen-bond donors (Lipinski definition) is 1. The highest BCUT2D eigenvalue weighted by Gasteiger charge is 2.29. The summed E-state index contributed by atoms with van der Waals surface area (Å²) in [5, 5.41) is 3.52. The Morgan fingerprint density at radius 1 is 1.09 bits per heavy atom. The van der Waals surface area contributed by atoms with Gasteiger partial charge in [-0.05, 0) is 31.9 Å². The lowest BCUT2D eigenvalue weighted by molar-refractivity contribution is -0.200. The van der Waals surface area contributed by atoms with Crippen LogP contribution in [0, 0.1) is 13.8 Å². The van der Waals surface area contributed by atoms with E-state index in [0.717, 1.165) is 6.54 Å². The molecule has 3 atom stereocenters. The van der Waals surface area contributed by atoms with Crippen LogP contribution in [-0.2, 0) is 9.47 Å². The van der Waals surface area contributed by atoms with Crippen molar-refractivity contribution in [1.82, 2.24) is 5.32 Å². The molecule has 3 rings (SSSR count). The van der Waals surface area contributed by atoms with Crippen LogP contribution in [0.3, 0.4) is 0 Å². The Morgan fingerprint density at radius 3 is 2.48 bits per heavy atom. The summed E-state index contributed by atoms with van der Waals surface area (Å²) in [6.07, 6.45) is -0.285. The molecule has 1 N–H and O–H groups in total. The molecule has 1 heterocycles. The molecule has 122 valence electrons. The van der Waals surface area contributed by atoms with E-state index < -0.39 is 0 Å². The highest BCUT2D eigenvalue weighted by Crippen LogP contribution is 2.28. The zero-order valence-corrected chi connectivity index (χ0v) is 14.1. The fourth-order valence-corrected chi connectivity index (χ4v) is 3.16. The van der Waals surface area contributed by atoms with Gasteiger partial charge in [-0.25, -0.2) is 0 Å². The van der Waals surface area contributed by atoms with Crippen LogP contribution in [0.5, 0.6) is 0 Å². The molecule has 3 heteroatoms. The Morgan fingerprint density at radius 2 is 1.78 bits per heavy atom. The topological polar surface area (TPSA) is 30.5 Å². The van der Waals surface area contributed by atoms with Crippen molar-refractivity contribution in [3.05, 3.63) is 70.8 Å². The molecule has 0 radical (unpaired) electrons. The van der Waals surface area contributed by atoms with Crippen LogP contribution < -0.4 is 5.32 Å². The van der Waals surface area contributed by atoms with E-state index in [1.54, 1.807) is 0 Å². The Hall–Kier alpha value is -1.68. The Bertz CT molecular complexity index is 621. The molecule has 0 unspecified atom stereocenters. The molecule has 1 aliphatic rings. The van der Waals surface area contributed by atoms with Gasteiger partial charge in [-0.3, -0.25) is 0 Å². The third-order valence-electron chi connectivity index (χ3n) is 4.23. The first-order valence-corrected chi connectivity index (χ1v) is 8.27. The van der Waals surface area contributed by atoms with E-state index in [2.05, 4.69) is 68.6 Å². The normalized spacial score (nSPS) is 22.7. The van der Waals surface area contributed by atoms with Gasteiger partial charge in [0.1, 0.15) is 0 Å². The van der Waals surface area contributed by atoms with Crippen molar-refractivity contribution in [1.29, 1.82) is 0 Å². The van der Waals surface area contributed by atoms with Crippen molar-refractivity contribution >= 4 is 0 Å². The Labute approximate surface area is 138 Å². The van der Waals surface area contributed by atoms with E-state index in [9.17, 15) is 0 Å². The summed E-state index contributed by atoms with van der Waals surface area (Å²) in [7, 11) is 0. The van der Waals surface area contributed by atoms with E-state index in [4.69, 9.17) is 9.47 Å². The number of ether oxygens (including phenoxy) is 2. The molecular weight excluding hydrogens is 286 g/mol. The fourth-order valence-electron chi connectivity index (χ4n) is 3.16. The molecule has 0 saturated carbocycles. The van der Waals surface area contributed by atoms with Gasteiger partial charge < -0.3 is 14.8 Å². The maximum absolute atomic E-state index is 6.27. The molecule has 0 bridgehead atoms. The van der Waals surface area contributed by atoms with Gasteiger partial charge in [0, 0.05) is 6.54 Å². The van der Waals surface area contributed by atoms with Crippen LogP contribution in [0.25, 0.3) is 0 Å². The summed E-state index contributed by atoms with van der Waals surface area (Å²) in [6.45, 7) is 7.85. The lowest BCUT2D eigenvalue weighted by atomic mass is 10.0. The lowest BCUT2D eigenvalue weighted by Gasteiger charge is -2.34. The smallest absolute Gasteiger partial charge is 0.177 e. The first-order chi connectivity index (χ1) is 11.1. The molecule has 0 spiro atoms. The summed E-state index contributed by atoms with van der Waals surface area (Å²) in [5.74, 6) is 0. The van der Waals surface area contributed by atoms with Gasteiger partial charge in [-0.1, -0.05) is 59.7 Å². The largest absolute Gasteiger partial charge is 0.349 e. The van der Waals surface area contributed by atoms with Gasteiger partial charge in [0.2, 0.25) is 0 Å². The van der Waals surface area contributed by atoms with E-state index in [0.29, 0.717) is 6.61 Å². The lowest BCUT2D eigenvalue weighted by Crippen LogP contribution is -2.43. The minimum Gasteiger partial charge on any atom is -0.349 e. The number of rotatable bonds is 4. The predicted octanol–water partition coefficient (Wildman–Crippen LogP) is 4.07. The maximum Gasteiger partial charge on any atom is 0.177 e. The molecule has 1 aliphatic heterocycles. The third kappa shape index (κ3) is 3.99. The monoisotopic (exact) mass is 311 g/mol. The van der Waals surface area contributed by atoms with Gasteiger partial charge in [0.25, 0.3) is 0 Å². The molecule has 0 amide bonds. The van der Waals surface area contributed by atoms with Crippen molar-refractivity contribution in [3.8, 4) is 0 Å². The summed E-state index contributed by atoms with van der Waals surface area (Å²) in [4.78, 5) is 0. The summed E-state index contributed by atoms with van der Waals surface area (Å²) in [6, 6.07) is 17.0. The minimum absolute atomic E-state index is 0.00953. The second-order valence-electron chi connectivity index (χ2n) is 6.28. The SMILES string of the molecule is Cc1cc(C)cc([C@@H](C)O[C@H]2OCCN[C@H]2c2ccccc2)c1. The van der Waals surface area contributed by atoms with E-state index in [-0.39, 0.29) is 18.4 Å². The molecule has 0 aromatic heterocycles. The molecule has 23 heavy (non-hydrogen) atoms.